The Kier molecular flexibility index (Phi) is 2.63. The fraction of sp³-hybridized carbons (Fsp3) is 0.500. The van der Waals surface area contributed by atoms with Crippen molar-refractivity contribution < 1.29 is 9.90 Å². The fourth-order valence-corrected chi connectivity index (χ4v) is 3.95. The van der Waals surface area contributed by atoms with Gasteiger partial charge in [-0.3, -0.25) is 4.79 Å². The fourth-order valence-electron chi connectivity index (χ4n) is 3.95. The Morgan fingerprint density at radius 1 is 1.52 bits per heavy atom. The molecule has 0 amide bonds. The zero-order valence-electron chi connectivity index (χ0n) is 12.0. The van der Waals surface area contributed by atoms with Crippen LogP contribution in [0.4, 0.5) is 0 Å². The van der Waals surface area contributed by atoms with Crippen molar-refractivity contribution >= 4 is 11.6 Å². The van der Waals surface area contributed by atoms with Gasteiger partial charge in [0.15, 0.2) is 0 Å². The molecule has 2 aromatic rings. The van der Waals surface area contributed by atoms with Crippen LogP contribution in [-0.4, -0.2) is 33.0 Å². The van der Waals surface area contributed by atoms with E-state index in [2.05, 4.69) is 27.8 Å². The highest BCUT2D eigenvalue weighted by atomic mass is 16.4. The summed E-state index contributed by atoms with van der Waals surface area (Å²) in [7, 11) is 0. The lowest BCUT2D eigenvalue weighted by Gasteiger charge is -2.59. The van der Waals surface area contributed by atoms with Crippen LogP contribution in [0.5, 0.6) is 0 Å². The van der Waals surface area contributed by atoms with Gasteiger partial charge in [0, 0.05) is 36.3 Å². The monoisotopic (exact) mass is 285 g/mol. The van der Waals surface area contributed by atoms with Gasteiger partial charge in [-0.1, -0.05) is 6.07 Å². The standard InChI is InChI=1S/C16H19N3O2/c1-10-12(19-5-3-2-4-14(19)18-10)6-13-16(9-17-13)7-11(8-16)15(20)21/h2-5,11,13,17H,6-9H2,1H3,(H,20,21). The van der Waals surface area contributed by atoms with E-state index in [1.165, 1.54) is 5.69 Å². The maximum atomic E-state index is 11.0. The van der Waals surface area contributed by atoms with Gasteiger partial charge in [0.25, 0.3) is 0 Å². The second-order valence-corrected chi connectivity index (χ2v) is 6.52. The number of aromatic nitrogens is 2. The van der Waals surface area contributed by atoms with Gasteiger partial charge in [0.2, 0.25) is 0 Å². The Hall–Kier alpha value is -1.88. The van der Waals surface area contributed by atoms with E-state index in [-0.39, 0.29) is 11.3 Å². The number of rotatable bonds is 3. The highest BCUT2D eigenvalue weighted by Crippen LogP contribution is 2.52. The molecule has 4 rings (SSSR count). The summed E-state index contributed by atoms with van der Waals surface area (Å²) in [5.74, 6) is -0.782. The first-order valence-corrected chi connectivity index (χ1v) is 7.48. The number of hydrogen-bond donors (Lipinski definition) is 2. The molecule has 1 saturated carbocycles. The van der Waals surface area contributed by atoms with Crippen LogP contribution < -0.4 is 5.32 Å². The summed E-state index contributed by atoms with van der Waals surface area (Å²) in [5.41, 5.74) is 3.49. The Labute approximate surface area is 123 Å². The predicted molar refractivity (Wildman–Crippen MR) is 78.2 cm³/mol. The normalized spacial score (nSPS) is 31.1. The molecule has 3 heterocycles. The minimum absolute atomic E-state index is 0.141. The number of imidazole rings is 1. The lowest BCUT2D eigenvalue weighted by molar-refractivity contribution is -0.156. The van der Waals surface area contributed by atoms with Gasteiger partial charge in [0.1, 0.15) is 5.65 Å². The number of aryl methyl sites for hydroxylation is 1. The lowest BCUT2D eigenvalue weighted by atomic mass is 9.53. The molecule has 0 aromatic carbocycles. The number of pyridine rings is 1. The van der Waals surface area contributed by atoms with E-state index in [1.54, 1.807) is 0 Å². The molecule has 1 aliphatic carbocycles. The molecule has 1 unspecified atom stereocenters. The van der Waals surface area contributed by atoms with Crippen molar-refractivity contribution in [1.29, 1.82) is 0 Å². The van der Waals surface area contributed by atoms with Crippen molar-refractivity contribution in [2.24, 2.45) is 11.3 Å². The Balaban J connectivity index is 1.56. The number of aliphatic carboxylic acids is 1. The van der Waals surface area contributed by atoms with Crippen LogP contribution in [0.3, 0.4) is 0 Å². The second kappa shape index (κ2) is 4.31. The summed E-state index contributed by atoms with van der Waals surface area (Å²) in [6, 6.07) is 6.42. The summed E-state index contributed by atoms with van der Waals surface area (Å²) in [5, 5.41) is 12.6. The molecule has 2 aromatic heterocycles. The Morgan fingerprint density at radius 3 is 3.00 bits per heavy atom. The predicted octanol–water partition coefficient (Wildman–Crippen LogP) is 1.64. The molecule has 2 N–H and O–H groups in total. The van der Waals surface area contributed by atoms with Gasteiger partial charge in [-0.15, -0.1) is 0 Å². The number of carboxylic acid groups (broad SMARTS) is 1. The molecule has 1 aliphatic heterocycles. The molecular formula is C16H19N3O2. The van der Waals surface area contributed by atoms with E-state index in [0.717, 1.165) is 37.1 Å². The van der Waals surface area contributed by atoms with Crippen molar-refractivity contribution in [3.05, 3.63) is 35.8 Å². The van der Waals surface area contributed by atoms with Crippen molar-refractivity contribution in [2.45, 2.75) is 32.2 Å². The summed E-state index contributed by atoms with van der Waals surface area (Å²) >= 11 is 0. The van der Waals surface area contributed by atoms with Crippen LogP contribution in [0, 0.1) is 18.3 Å². The third-order valence-electron chi connectivity index (χ3n) is 5.32. The van der Waals surface area contributed by atoms with Crippen molar-refractivity contribution in [2.75, 3.05) is 6.54 Å². The zero-order chi connectivity index (χ0) is 14.6. The molecule has 110 valence electrons. The van der Waals surface area contributed by atoms with Crippen LogP contribution in [0.2, 0.25) is 0 Å². The highest BCUT2D eigenvalue weighted by Gasteiger charge is 2.57. The third kappa shape index (κ3) is 1.80. The summed E-state index contributed by atoms with van der Waals surface area (Å²) < 4.78 is 2.15. The van der Waals surface area contributed by atoms with Crippen LogP contribution in [-0.2, 0) is 11.2 Å². The molecule has 1 atom stereocenters. The Bertz CT molecular complexity index is 715. The van der Waals surface area contributed by atoms with Crippen LogP contribution >= 0.6 is 0 Å². The van der Waals surface area contributed by atoms with E-state index in [1.807, 2.05) is 18.2 Å². The van der Waals surface area contributed by atoms with Crippen molar-refractivity contribution in [1.82, 2.24) is 14.7 Å². The largest absolute Gasteiger partial charge is 0.481 e. The minimum Gasteiger partial charge on any atom is -0.481 e. The molecule has 1 saturated heterocycles. The quantitative estimate of drug-likeness (QED) is 0.899. The first-order valence-electron chi connectivity index (χ1n) is 7.48. The van der Waals surface area contributed by atoms with E-state index < -0.39 is 5.97 Å². The van der Waals surface area contributed by atoms with Gasteiger partial charge in [-0.2, -0.15) is 0 Å². The summed E-state index contributed by atoms with van der Waals surface area (Å²) in [6.45, 7) is 3.01. The lowest BCUT2D eigenvalue weighted by Crippen LogP contribution is -2.69. The highest BCUT2D eigenvalue weighted by molar-refractivity contribution is 5.71. The van der Waals surface area contributed by atoms with E-state index in [4.69, 9.17) is 5.11 Å². The third-order valence-corrected chi connectivity index (χ3v) is 5.32. The average Bonchev–Trinajstić information content (AvgIpc) is 2.68. The maximum absolute atomic E-state index is 11.0. The molecule has 5 heteroatoms. The first kappa shape index (κ1) is 12.8. The number of carbonyl (C=O) groups is 1. The van der Waals surface area contributed by atoms with Gasteiger partial charge in [-0.25, -0.2) is 4.98 Å². The number of nitrogens with one attached hydrogen (secondary N) is 1. The molecule has 2 fully saturated rings. The van der Waals surface area contributed by atoms with Crippen LogP contribution in [0.15, 0.2) is 24.4 Å². The van der Waals surface area contributed by atoms with Gasteiger partial charge in [-0.05, 0) is 31.9 Å². The number of carboxylic acids is 1. The molecule has 2 aliphatic rings. The summed E-state index contributed by atoms with van der Waals surface area (Å²) in [4.78, 5) is 15.6. The van der Waals surface area contributed by atoms with Crippen LogP contribution in [0.25, 0.3) is 5.65 Å². The van der Waals surface area contributed by atoms with Crippen molar-refractivity contribution in [3.8, 4) is 0 Å². The van der Waals surface area contributed by atoms with E-state index >= 15 is 0 Å². The molecule has 1 spiro atoms. The average molecular weight is 285 g/mol. The molecule has 0 radical (unpaired) electrons. The van der Waals surface area contributed by atoms with Crippen molar-refractivity contribution in [3.63, 3.8) is 0 Å². The topological polar surface area (TPSA) is 66.6 Å². The maximum Gasteiger partial charge on any atom is 0.306 e. The zero-order valence-corrected chi connectivity index (χ0v) is 12.0. The second-order valence-electron chi connectivity index (χ2n) is 6.52. The Morgan fingerprint density at radius 2 is 2.33 bits per heavy atom. The number of hydrogen-bond acceptors (Lipinski definition) is 3. The van der Waals surface area contributed by atoms with Crippen LogP contribution in [0.1, 0.15) is 24.2 Å². The smallest absolute Gasteiger partial charge is 0.306 e. The molecule has 5 nitrogen and oxygen atoms in total. The minimum atomic E-state index is -0.641. The van der Waals surface area contributed by atoms with E-state index in [9.17, 15) is 4.79 Å². The molecule has 0 bridgehead atoms. The summed E-state index contributed by atoms with van der Waals surface area (Å²) in [6.07, 6.45) is 4.60. The van der Waals surface area contributed by atoms with Gasteiger partial charge in [0.05, 0.1) is 11.6 Å². The number of nitrogens with zero attached hydrogens (tertiary/aromatic N) is 2. The molecule has 21 heavy (non-hydrogen) atoms. The van der Waals surface area contributed by atoms with E-state index in [0.29, 0.717) is 6.04 Å². The molecular weight excluding hydrogens is 266 g/mol. The SMILES string of the molecule is Cc1nc2ccccn2c1CC1NCC12CC(C(=O)O)C2. The first-order chi connectivity index (χ1) is 10.1. The van der Waals surface area contributed by atoms with Gasteiger partial charge < -0.3 is 14.8 Å². The van der Waals surface area contributed by atoms with Gasteiger partial charge >= 0.3 is 5.97 Å². The number of fused-ring (bicyclic) bond motifs is 1.